The molecular weight excluding hydrogens is 416 g/mol. The molecule has 0 N–H and O–H groups in total. The average Bonchev–Trinajstić information content (AvgIpc) is 2.60. The van der Waals surface area contributed by atoms with E-state index in [0.717, 1.165) is 21.3 Å². The first kappa shape index (κ1) is 22.5. The molecule has 3 nitrogen and oxygen atoms in total. The minimum Gasteiger partial charge on any atom is -0.492 e. The topological polar surface area (TPSA) is 35.5 Å². The second kappa shape index (κ2) is 9.60. The number of carbonyl (C=O) groups is 1. The Morgan fingerprint density at radius 1 is 1.07 bits per heavy atom. The van der Waals surface area contributed by atoms with E-state index in [9.17, 15) is 4.79 Å². The van der Waals surface area contributed by atoms with Crippen LogP contribution in [-0.2, 0) is 10.2 Å². The molecule has 0 radical (unpaired) electrons. The molecule has 2 rings (SSSR count). The van der Waals surface area contributed by atoms with Gasteiger partial charge in [-0.1, -0.05) is 58.4 Å². The monoisotopic (exact) mass is 446 g/mol. The van der Waals surface area contributed by atoms with E-state index < -0.39 is 0 Å². The Hall–Kier alpha value is -1.81. The highest BCUT2D eigenvalue weighted by Crippen LogP contribution is 2.32. The summed E-state index contributed by atoms with van der Waals surface area (Å²) < 4.78 is 12.4. The summed E-state index contributed by atoms with van der Waals surface area (Å²) in [6.07, 6.45) is 0.924. The van der Waals surface area contributed by atoms with E-state index in [2.05, 4.69) is 68.7 Å². The van der Waals surface area contributed by atoms with Crippen LogP contribution in [0.25, 0.3) is 0 Å². The fourth-order valence-electron chi connectivity index (χ4n) is 2.88. The van der Waals surface area contributed by atoms with Crippen molar-refractivity contribution >= 4 is 21.9 Å². The molecule has 0 saturated carbocycles. The highest BCUT2D eigenvalue weighted by Gasteiger charge is 2.20. The molecule has 0 aliphatic carbocycles. The lowest BCUT2D eigenvalue weighted by Crippen LogP contribution is -2.17. The number of hydrogen-bond acceptors (Lipinski definition) is 3. The molecule has 0 bridgehead atoms. The number of ether oxygens (including phenoxy) is 2. The first-order valence-corrected chi connectivity index (χ1v) is 10.6. The highest BCUT2D eigenvalue weighted by molar-refractivity contribution is 9.10. The minimum atomic E-state index is -0.229. The van der Waals surface area contributed by atoms with Gasteiger partial charge in [0, 0.05) is 12.0 Å². The van der Waals surface area contributed by atoms with E-state index in [-0.39, 0.29) is 11.4 Å². The summed E-state index contributed by atoms with van der Waals surface area (Å²) in [7, 11) is 0. The lowest BCUT2D eigenvalue weighted by atomic mass is 9.85. The van der Waals surface area contributed by atoms with Gasteiger partial charge in [0.1, 0.15) is 11.5 Å². The van der Waals surface area contributed by atoms with Gasteiger partial charge in [0.2, 0.25) is 0 Å². The van der Waals surface area contributed by atoms with Gasteiger partial charge in [0.25, 0.3) is 0 Å². The summed E-state index contributed by atoms with van der Waals surface area (Å²) in [6.45, 7) is 13.2. The Labute approximate surface area is 177 Å². The normalized spacial score (nSPS) is 11.6. The average molecular weight is 447 g/mol. The summed E-state index contributed by atoms with van der Waals surface area (Å²) in [5, 5.41) is 0. The number of aryl methyl sites for hydroxylation is 1. The van der Waals surface area contributed by atoms with Gasteiger partial charge >= 0.3 is 5.97 Å². The molecule has 0 aliphatic rings. The SMILES string of the molecule is Cc1ccc(OC(=O)CCCOc2ccc(C(C)C)cc2Br)c(C(C)(C)C)c1. The van der Waals surface area contributed by atoms with E-state index in [1.54, 1.807) is 0 Å². The van der Waals surface area contributed by atoms with Gasteiger partial charge in [-0.3, -0.25) is 4.79 Å². The van der Waals surface area contributed by atoms with Gasteiger partial charge in [0.15, 0.2) is 0 Å². The lowest BCUT2D eigenvalue weighted by molar-refractivity contribution is -0.134. The molecule has 0 atom stereocenters. The third-order valence-corrected chi connectivity index (χ3v) is 5.19. The molecule has 2 aromatic rings. The lowest BCUT2D eigenvalue weighted by Gasteiger charge is -2.22. The van der Waals surface area contributed by atoms with Crippen LogP contribution in [0.4, 0.5) is 0 Å². The number of esters is 1. The van der Waals surface area contributed by atoms with Crippen LogP contribution in [0.3, 0.4) is 0 Å². The van der Waals surface area contributed by atoms with E-state index >= 15 is 0 Å². The molecule has 0 aliphatic heterocycles. The molecule has 0 amide bonds. The molecule has 152 valence electrons. The van der Waals surface area contributed by atoms with Crippen molar-refractivity contribution in [3.05, 3.63) is 57.6 Å². The van der Waals surface area contributed by atoms with Crippen LogP contribution in [0.15, 0.2) is 40.9 Å². The van der Waals surface area contributed by atoms with Crippen molar-refractivity contribution < 1.29 is 14.3 Å². The van der Waals surface area contributed by atoms with Gasteiger partial charge < -0.3 is 9.47 Å². The van der Waals surface area contributed by atoms with Gasteiger partial charge in [-0.05, 0) is 64.4 Å². The molecule has 0 heterocycles. The van der Waals surface area contributed by atoms with Gasteiger partial charge in [-0.2, -0.15) is 0 Å². The van der Waals surface area contributed by atoms with Crippen molar-refractivity contribution in [3.8, 4) is 11.5 Å². The molecule has 0 fully saturated rings. The predicted molar refractivity (Wildman–Crippen MR) is 118 cm³/mol. The molecule has 2 aromatic carbocycles. The van der Waals surface area contributed by atoms with Crippen molar-refractivity contribution in [1.29, 1.82) is 0 Å². The Kier molecular flexibility index (Phi) is 7.70. The van der Waals surface area contributed by atoms with Crippen molar-refractivity contribution in [1.82, 2.24) is 0 Å². The first-order chi connectivity index (χ1) is 13.1. The second-order valence-corrected chi connectivity index (χ2v) is 9.37. The van der Waals surface area contributed by atoms with Crippen LogP contribution < -0.4 is 9.47 Å². The van der Waals surface area contributed by atoms with Crippen LogP contribution >= 0.6 is 15.9 Å². The summed E-state index contributed by atoms with van der Waals surface area (Å²) in [4.78, 5) is 12.3. The second-order valence-electron chi connectivity index (χ2n) is 8.52. The number of hydrogen-bond donors (Lipinski definition) is 0. The maximum absolute atomic E-state index is 12.3. The van der Waals surface area contributed by atoms with Gasteiger partial charge in [-0.25, -0.2) is 0 Å². The molecule has 28 heavy (non-hydrogen) atoms. The van der Waals surface area contributed by atoms with Crippen LogP contribution in [0.2, 0.25) is 0 Å². The third kappa shape index (κ3) is 6.37. The van der Waals surface area contributed by atoms with E-state index in [0.29, 0.717) is 31.1 Å². The number of rotatable bonds is 7. The number of halogens is 1. The Balaban J connectivity index is 1.87. The molecule has 0 aromatic heterocycles. The van der Waals surface area contributed by atoms with Crippen molar-refractivity contribution in [2.45, 2.75) is 65.7 Å². The van der Waals surface area contributed by atoms with Crippen LogP contribution in [0, 0.1) is 6.92 Å². The summed E-state index contributed by atoms with van der Waals surface area (Å²) in [5.41, 5.74) is 3.38. The number of benzene rings is 2. The van der Waals surface area contributed by atoms with Crippen LogP contribution in [0.5, 0.6) is 11.5 Å². The Bertz CT molecular complexity index is 819. The summed E-state index contributed by atoms with van der Waals surface area (Å²) in [6, 6.07) is 12.1. The fraction of sp³-hybridized carbons (Fsp3) is 0.458. The van der Waals surface area contributed by atoms with Crippen molar-refractivity contribution in [2.75, 3.05) is 6.61 Å². The van der Waals surface area contributed by atoms with Crippen LogP contribution in [0.1, 0.15) is 70.1 Å². The maximum Gasteiger partial charge on any atom is 0.311 e. The summed E-state index contributed by atoms with van der Waals surface area (Å²) >= 11 is 3.56. The van der Waals surface area contributed by atoms with Crippen molar-refractivity contribution in [2.24, 2.45) is 0 Å². The fourth-order valence-corrected chi connectivity index (χ4v) is 3.40. The van der Waals surface area contributed by atoms with Gasteiger partial charge in [-0.15, -0.1) is 0 Å². The minimum absolute atomic E-state index is 0.0842. The smallest absolute Gasteiger partial charge is 0.311 e. The molecule has 0 spiro atoms. The summed E-state index contributed by atoms with van der Waals surface area (Å²) in [5.74, 6) is 1.69. The van der Waals surface area contributed by atoms with Crippen molar-refractivity contribution in [3.63, 3.8) is 0 Å². The Morgan fingerprint density at radius 2 is 1.75 bits per heavy atom. The first-order valence-electron chi connectivity index (χ1n) is 9.82. The van der Waals surface area contributed by atoms with Gasteiger partial charge in [0.05, 0.1) is 11.1 Å². The number of carbonyl (C=O) groups excluding carboxylic acids is 1. The van der Waals surface area contributed by atoms with E-state index in [4.69, 9.17) is 9.47 Å². The highest BCUT2D eigenvalue weighted by atomic mass is 79.9. The molecule has 0 saturated heterocycles. The Morgan fingerprint density at radius 3 is 2.36 bits per heavy atom. The van der Waals surface area contributed by atoms with Crippen LogP contribution in [-0.4, -0.2) is 12.6 Å². The molecule has 4 heteroatoms. The zero-order chi connectivity index (χ0) is 20.9. The van der Waals surface area contributed by atoms with E-state index in [1.807, 2.05) is 25.1 Å². The largest absolute Gasteiger partial charge is 0.492 e. The molecular formula is C24H31BrO3. The zero-order valence-corrected chi connectivity index (χ0v) is 19.4. The van der Waals surface area contributed by atoms with E-state index in [1.165, 1.54) is 5.56 Å². The zero-order valence-electron chi connectivity index (χ0n) is 17.8. The standard InChI is InChI=1S/C24H31BrO3/c1-16(2)18-10-12-22(20(25)15-18)27-13-7-8-23(26)28-21-11-9-17(3)14-19(21)24(4,5)6/h9-12,14-16H,7-8,13H2,1-6H3. The molecule has 0 unspecified atom stereocenters. The predicted octanol–water partition coefficient (Wildman–Crippen LogP) is 6.94. The quantitative estimate of drug-likeness (QED) is 0.262. The maximum atomic E-state index is 12.3. The third-order valence-electron chi connectivity index (χ3n) is 4.57.